The van der Waals surface area contributed by atoms with Gasteiger partial charge in [0, 0.05) is 12.8 Å². The third-order valence-electron chi connectivity index (χ3n) is 2.54. The Bertz CT molecular complexity index is 220. The molecule has 60 valence electrons. The van der Waals surface area contributed by atoms with Crippen molar-refractivity contribution in [3.05, 3.63) is 11.8 Å². The van der Waals surface area contributed by atoms with Gasteiger partial charge < -0.3 is 4.74 Å². The standard InChI is InChI=1S/C9H12OS/c1-6(11)10-9-5-7-2-3-8(9)4-7/h5,7-8H,2-4H2,1H3/t7-,8+/m0/s1. The lowest BCUT2D eigenvalue weighted by atomic mass is 10.1. The molecule has 0 aromatic carbocycles. The fraction of sp³-hybridized carbons (Fsp3) is 0.667. The molecule has 1 saturated carbocycles. The molecule has 0 aromatic heterocycles. The quantitative estimate of drug-likeness (QED) is 0.557. The maximum absolute atomic E-state index is 5.44. The van der Waals surface area contributed by atoms with Crippen molar-refractivity contribution in [3.8, 4) is 0 Å². The third kappa shape index (κ3) is 1.32. The molecule has 0 heterocycles. The van der Waals surface area contributed by atoms with Gasteiger partial charge in [-0.15, -0.1) is 0 Å². The van der Waals surface area contributed by atoms with Gasteiger partial charge in [0.1, 0.15) is 5.76 Å². The van der Waals surface area contributed by atoms with Crippen LogP contribution in [0.1, 0.15) is 26.2 Å². The van der Waals surface area contributed by atoms with Crippen molar-refractivity contribution in [2.24, 2.45) is 11.8 Å². The maximum atomic E-state index is 5.44. The van der Waals surface area contributed by atoms with Crippen molar-refractivity contribution in [1.29, 1.82) is 0 Å². The van der Waals surface area contributed by atoms with Crippen LogP contribution < -0.4 is 0 Å². The van der Waals surface area contributed by atoms with Crippen LogP contribution in [-0.2, 0) is 4.74 Å². The highest BCUT2D eigenvalue weighted by atomic mass is 32.1. The van der Waals surface area contributed by atoms with Gasteiger partial charge in [-0.05, 0) is 43.5 Å². The second-order valence-electron chi connectivity index (χ2n) is 3.43. The summed E-state index contributed by atoms with van der Waals surface area (Å²) < 4.78 is 5.44. The summed E-state index contributed by atoms with van der Waals surface area (Å²) in [6.45, 7) is 1.84. The lowest BCUT2D eigenvalue weighted by Crippen LogP contribution is -2.04. The van der Waals surface area contributed by atoms with Gasteiger partial charge in [-0.3, -0.25) is 0 Å². The molecule has 0 N–H and O–H groups in total. The Labute approximate surface area is 72.4 Å². The molecule has 0 unspecified atom stereocenters. The highest BCUT2D eigenvalue weighted by molar-refractivity contribution is 7.80. The molecular weight excluding hydrogens is 156 g/mol. The van der Waals surface area contributed by atoms with Crippen LogP contribution in [0.5, 0.6) is 0 Å². The second kappa shape index (κ2) is 2.59. The third-order valence-corrected chi connectivity index (χ3v) is 2.62. The second-order valence-corrected chi connectivity index (χ2v) is 4.01. The number of hydrogen-bond acceptors (Lipinski definition) is 2. The van der Waals surface area contributed by atoms with E-state index in [1.807, 2.05) is 6.92 Å². The Morgan fingerprint density at radius 1 is 1.64 bits per heavy atom. The summed E-state index contributed by atoms with van der Waals surface area (Å²) in [6, 6.07) is 0. The zero-order chi connectivity index (χ0) is 7.84. The van der Waals surface area contributed by atoms with Gasteiger partial charge in [-0.25, -0.2) is 0 Å². The molecule has 2 aliphatic carbocycles. The minimum Gasteiger partial charge on any atom is -0.455 e. The van der Waals surface area contributed by atoms with Gasteiger partial charge in [-0.2, -0.15) is 0 Å². The van der Waals surface area contributed by atoms with Gasteiger partial charge in [0.15, 0.2) is 5.05 Å². The largest absolute Gasteiger partial charge is 0.455 e. The molecule has 2 aliphatic rings. The minimum absolute atomic E-state index is 0.656. The molecule has 11 heavy (non-hydrogen) atoms. The lowest BCUT2D eigenvalue weighted by molar-refractivity contribution is 0.350. The van der Waals surface area contributed by atoms with Crippen LogP contribution in [0.15, 0.2) is 11.8 Å². The van der Waals surface area contributed by atoms with E-state index in [0.717, 1.165) is 11.7 Å². The van der Waals surface area contributed by atoms with Gasteiger partial charge in [0.2, 0.25) is 0 Å². The zero-order valence-electron chi connectivity index (χ0n) is 6.67. The molecule has 1 nitrogen and oxygen atoms in total. The smallest absolute Gasteiger partial charge is 0.163 e. The van der Waals surface area contributed by atoms with Crippen LogP contribution in [0.4, 0.5) is 0 Å². The van der Waals surface area contributed by atoms with Crippen molar-refractivity contribution in [2.45, 2.75) is 26.2 Å². The van der Waals surface area contributed by atoms with Crippen molar-refractivity contribution < 1.29 is 4.74 Å². The molecule has 2 heteroatoms. The molecule has 0 radical (unpaired) electrons. The molecule has 2 atom stereocenters. The summed E-state index contributed by atoms with van der Waals surface area (Å²) in [5.74, 6) is 2.64. The molecule has 1 fully saturated rings. The topological polar surface area (TPSA) is 9.23 Å². The van der Waals surface area contributed by atoms with E-state index in [1.165, 1.54) is 19.3 Å². The monoisotopic (exact) mass is 168 g/mol. The maximum Gasteiger partial charge on any atom is 0.163 e. The number of rotatable bonds is 1. The first-order valence-corrected chi connectivity index (χ1v) is 4.56. The Hall–Kier alpha value is -0.370. The zero-order valence-corrected chi connectivity index (χ0v) is 7.49. The summed E-state index contributed by atoms with van der Waals surface area (Å²) in [6.07, 6.45) is 6.22. The highest BCUT2D eigenvalue weighted by Gasteiger charge is 2.34. The first kappa shape index (κ1) is 7.29. The van der Waals surface area contributed by atoms with Crippen molar-refractivity contribution in [3.63, 3.8) is 0 Å². The SMILES string of the molecule is CC(=S)OC1=C[C@H]2CC[C@@H]1C2. The summed E-state index contributed by atoms with van der Waals surface area (Å²) >= 11 is 4.88. The number of allylic oxidation sites excluding steroid dienone is 2. The Morgan fingerprint density at radius 2 is 2.45 bits per heavy atom. The van der Waals surface area contributed by atoms with E-state index in [9.17, 15) is 0 Å². The first-order chi connectivity index (χ1) is 5.25. The van der Waals surface area contributed by atoms with Crippen molar-refractivity contribution in [1.82, 2.24) is 0 Å². The van der Waals surface area contributed by atoms with Crippen LogP contribution in [-0.4, -0.2) is 5.05 Å². The fourth-order valence-corrected chi connectivity index (χ4v) is 2.17. The molecule has 0 amide bonds. The molecule has 0 aromatic rings. The summed E-state index contributed by atoms with van der Waals surface area (Å²) in [5.41, 5.74) is 0. The van der Waals surface area contributed by atoms with Gasteiger partial charge in [0.05, 0.1) is 0 Å². The molecule has 2 bridgehead atoms. The average molecular weight is 168 g/mol. The fourth-order valence-electron chi connectivity index (χ4n) is 2.08. The predicted molar refractivity (Wildman–Crippen MR) is 48.3 cm³/mol. The number of hydrogen-bond donors (Lipinski definition) is 0. The van der Waals surface area contributed by atoms with E-state index in [1.54, 1.807) is 0 Å². The van der Waals surface area contributed by atoms with Crippen LogP contribution in [0, 0.1) is 11.8 Å². The average Bonchev–Trinajstić information content (AvgIpc) is 2.45. The van der Waals surface area contributed by atoms with Gasteiger partial charge >= 0.3 is 0 Å². The normalized spacial score (nSPS) is 33.7. The lowest BCUT2D eigenvalue weighted by Gasteiger charge is -2.12. The summed E-state index contributed by atoms with van der Waals surface area (Å²) in [4.78, 5) is 0. The number of fused-ring (bicyclic) bond motifs is 2. The number of ether oxygens (including phenoxy) is 1. The molecular formula is C9H12OS. The van der Waals surface area contributed by atoms with Crippen molar-refractivity contribution in [2.75, 3.05) is 0 Å². The number of thiocarbonyl (C=S) groups is 1. The molecule has 0 spiro atoms. The van der Waals surface area contributed by atoms with E-state index >= 15 is 0 Å². The van der Waals surface area contributed by atoms with E-state index in [0.29, 0.717) is 11.0 Å². The van der Waals surface area contributed by atoms with E-state index in [-0.39, 0.29) is 0 Å². The highest BCUT2D eigenvalue weighted by Crippen LogP contribution is 2.43. The summed E-state index contributed by atoms with van der Waals surface area (Å²) in [7, 11) is 0. The van der Waals surface area contributed by atoms with Crippen LogP contribution >= 0.6 is 12.2 Å². The molecule has 2 rings (SSSR count). The van der Waals surface area contributed by atoms with Crippen LogP contribution in [0.25, 0.3) is 0 Å². The van der Waals surface area contributed by atoms with Gasteiger partial charge in [-0.1, -0.05) is 0 Å². The minimum atomic E-state index is 0.656. The van der Waals surface area contributed by atoms with Crippen LogP contribution in [0.2, 0.25) is 0 Å². The first-order valence-electron chi connectivity index (χ1n) is 4.16. The van der Waals surface area contributed by atoms with Crippen molar-refractivity contribution >= 4 is 17.3 Å². The van der Waals surface area contributed by atoms with E-state index in [2.05, 4.69) is 6.08 Å². The molecule has 0 aliphatic heterocycles. The predicted octanol–water partition coefficient (Wildman–Crippen LogP) is 2.66. The summed E-state index contributed by atoms with van der Waals surface area (Å²) in [5, 5.41) is 0.656. The Morgan fingerprint density at radius 3 is 2.91 bits per heavy atom. The van der Waals surface area contributed by atoms with E-state index < -0.39 is 0 Å². The Kier molecular flexibility index (Phi) is 1.72. The molecule has 0 saturated heterocycles. The van der Waals surface area contributed by atoms with E-state index in [4.69, 9.17) is 17.0 Å². The van der Waals surface area contributed by atoms with Crippen LogP contribution in [0.3, 0.4) is 0 Å². The Balaban J connectivity index is 2.05. The van der Waals surface area contributed by atoms with Gasteiger partial charge in [0.25, 0.3) is 0 Å².